The molecule has 6 heteroatoms. The molecule has 0 aromatic heterocycles. The summed E-state index contributed by atoms with van der Waals surface area (Å²) in [5, 5.41) is 0. The highest BCUT2D eigenvalue weighted by molar-refractivity contribution is 9.10. The van der Waals surface area contributed by atoms with Gasteiger partial charge in [-0.05, 0) is 50.9 Å². The molecule has 0 N–H and O–H groups in total. The van der Waals surface area contributed by atoms with Crippen molar-refractivity contribution in [3.8, 4) is 0 Å². The molecule has 2 saturated carbocycles. The number of carbonyl (C=O) groups excluding carboxylic acids is 2. The lowest BCUT2D eigenvalue weighted by Crippen LogP contribution is -2.46. The number of halogens is 1. The lowest BCUT2D eigenvalue weighted by molar-refractivity contribution is -0.213. The van der Waals surface area contributed by atoms with Gasteiger partial charge in [-0.2, -0.15) is 0 Å². The highest BCUT2D eigenvalue weighted by Crippen LogP contribution is 2.48. The van der Waals surface area contributed by atoms with Gasteiger partial charge in [0, 0.05) is 0 Å². The summed E-state index contributed by atoms with van der Waals surface area (Å²) in [4.78, 5) is 23.5. The van der Waals surface area contributed by atoms with Gasteiger partial charge in [0.05, 0.1) is 5.92 Å². The number of fused-ring (bicyclic) bond motifs is 1. The normalized spacial score (nSPS) is 39.0. The van der Waals surface area contributed by atoms with Crippen molar-refractivity contribution in [2.24, 2.45) is 17.8 Å². The molecule has 5 nitrogen and oxygen atoms in total. The molecule has 2 aliphatic heterocycles. The molecule has 2 heterocycles. The monoisotopic (exact) mass is 374 g/mol. The largest absolute Gasteiger partial charge is 0.459 e. The Hall–Kier alpha value is -0.620. The van der Waals surface area contributed by atoms with Gasteiger partial charge in [0.25, 0.3) is 0 Å². The highest BCUT2D eigenvalue weighted by atomic mass is 79.9. The van der Waals surface area contributed by atoms with Crippen LogP contribution in [0.25, 0.3) is 0 Å². The highest BCUT2D eigenvalue weighted by Gasteiger charge is 2.51. The van der Waals surface area contributed by atoms with Gasteiger partial charge in [-0.1, -0.05) is 22.9 Å². The Morgan fingerprint density at radius 2 is 2.14 bits per heavy atom. The molecule has 7 atom stereocenters. The van der Waals surface area contributed by atoms with E-state index in [1.165, 1.54) is 0 Å². The molecule has 22 heavy (non-hydrogen) atoms. The van der Waals surface area contributed by atoms with Crippen molar-refractivity contribution >= 4 is 27.9 Å². The van der Waals surface area contributed by atoms with E-state index in [-0.39, 0.29) is 34.9 Å². The smallest absolute Gasteiger partial charge is 0.322 e. The van der Waals surface area contributed by atoms with E-state index in [4.69, 9.17) is 14.2 Å². The fourth-order valence-corrected chi connectivity index (χ4v) is 4.22. The Kier molecular flexibility index (Phi) is 4.78. The molecule has 0 spiro atoms. The van der Waals surface area contributed by atoms with Crippen LogP contribution in [0, 0.1) is 17.8 Å². The van der Waals surface area contributed by atoms with Gasteiger partial charge in [0.15, 0.2) is 0 Å². The summed E-state index contributed by atoms with van der Waals surface area (Å²) in [5.74, 6) is 0.561. The molecule has 124 valence electrons. The van der Waals surface area contributed by atoms with Crippen LogP contribution >= 0.6 is 15.9 Å². The predicted octanol–water partition coefficient (Wildman–Crippen LogP) is 2.80. The van der Waals surface area contributed by atoms with Crippen LogP contribution in [0.2, 0.25) is 0 Å². The van der Waals surface area contributed by atoms with E-state index in [1.807, 2.05) is 6.92 Å². The summed E-state index contributed by atoms with van der Waals surface area (Å²) in [5.41, 5.74) is 0. The zero-order valence-electron chi connectivity index (χ0n) is 13.0. The SMILES string of the molecule is CCC(Br)C(=O)OC(C)OC1C2CC3CC(C2)C(=O)OC1C3. The van der Waals surface area contributed by atoms with Gasteiger partial charge >= 0.3 is 11.9 Å². The van der Waals surface area contributed by atoms with Crippen molar-refractivity contribution in [2.45, 2.75) is 69.3 Å². The lowest BCUT2D eigenvalue weighted by Gasteiger charge is -2.42. The predicted molar refractivity (Wildman–Crippen MR) is 82.3 cm³/mol. The van der Waals surface area contributed by atoms with Crippen LogP contribution in [-0.4, -0.2) is 35.3 Å². The summed E-state index contributed by atoms with van der Waals surface area (Å²) in [7, 11) is 0. The number of carbonyl (C=O) groups is 2. The van der Waals surface area contributed by atoms with E-state index in [9.17, 15) is 9.59 Å². The minimum atomic E-state index is -0.625. The van der Waals surface area contributed by atoms with Crippen LogP contribution in [0.4, 0.5) is 0 Å². The number of alkyl halides is 1. The fourth-order valence-electron chi connectivity index (χ4n) is 4.12. The van der Waals surface area contributed by atoms with Gasteiger partial charge in [-0.25, -0.2) is 0 Å². The first-order valence-corrected chi connectivity index (χ1v) is 9.10. The van der Waals surface area contributed by atoms with Crippen molar-refractivity contribution in [2.75, 3.05) is 0 Å². The van der Waals surface area contributed by atoms with Crippen LogP contribution in [0.3, 0.4) is 0 Å². The number of rotatable bonds is 5. The van der Waals surface area contributed by atoms with E-state index in [0.717, 1.165) is 25.7 Å². The van der Waals surface area contributed by atoms with E-state index in [0.29, 0.717) is 18.3 Å². The first-order valence-electron chi connectivity index (χ1n) is 8.18. The van der Waals surface area contributed by atoms with Crippen molar-refractivity contribution < 1.29 is 23.8 Å². The third kappa shape index (κ3) is 3.18. The number of esters is 2. The third-order valence-electron chi connectivity index (χ3n) is 5.08. The van der Waals surface area contributed by atoms with E-state index in [2.05, 4.69) is 15.9 Å². The molecule has 0 aromatic rings. The molecule has 0 aromatic carbocycles. The summed E-state index contributed by atoms with van der Waals surface area (Å²) >= 11 is 3.28. The maximum atomic E-state index is 12.0. The first kappa shape index (κ1) is 16.2. The van der Waals surface area contributed by atoms with Gasteiger partial charge in [-0.3, -0.25) is 9.59 Å². The maximum Gasteiger partial charge on any atom is 0.322 e. The summed E-state index contributed by atoms with van der Waals surface area (Å²) in [6.07, 6.45) is 3.48. The Bertz CT molecular complexity index is 454. The van der Waals surface area contributed by atoms with E-state index >= 15 is 0 Å². The number of ether oxygens (including phenoxy) is 3. The molecule has 0 amide bonds. The zero-order chi connectivity index (χ0) is 15.9. The van der Waals surface area contributed by atoms with Crippen LogP contribution < -0.4 is 0 Å². The maximum absolute atomic E-state index is 12.0. The first-order chi connectivity index (χ1) is 10.5. The number of hydrogen-bond acceptors (Lipinski definition) is 5. The summed E-state index contributed by atoms with van der Waals surface area (Å²) in [6, 6.07) is 0. The Balaban J connectivity index is 1.63. The van der Waals surface area contributed by atoms with Gasteiger partial charge in [0.2, 0.25) is 6.29 Å². The molecule has 2 aliphatic carbocycles. The molecular formula is C16H23BrO5. The summed E-state index contributed by atoms with van der Waals surface area (Å²) < 4.78 is 16.9. The van der Waals surface area contributed by atoms with Gasteiger partial charge in [0.1, 0.15) is 17.0 Å². The van der Waals surface area contributed by atoms with Gasteiger partial charge in [-0.15, -0.1) is 0 Å². The second-order valence-corrected chi connectivity index (χ2v) is 7.83. The second-order valence-electron chi connectivity index (χ2n) is 6.72. The molecule has 0 radical (unpaired) electrons. The molecule has 4 rings (SSSR count). The Labute approximate surface area is 139 Å². The quantitative estimate of drug-likeness (QED) is 0.420. The molecular weight excluding hydrogens is 352 g/mol. The van der Waals surface area contributed by atoms with Crippen LogP contribution in [-0.2, 0) is 23.8 Å². The lowest BCUT2D eigenvalue weighted by atomic mass is 9.67. The fraction of sp³-hybridized carbons (Fsp3) is 0.875. The van der Waals surface area contributed by atoms with Gasteiger partial charge < -0.3 is 14.2 Å². The average molecular weight is 375 g/mol. The van der Waals surface area contributed by atoms with Crippen LogP contribution in [0.15, 0.2) is 0 Å². The van der Waals surface area contributed by atoms with Crippen molar-refractivity contribution in [1.82, 2.24) is 0 Å². The van der Waals surface area contributed by atoms with Crippen molar-refractivity contribution in [3.05, 3.63) is 0 Å². The standard InChI is InChI=1S/C16H23BrO5/c1-3-12(17)16(19)21-8(2)20-14-10-4-9-5-11(7-10)15(18)22-13(14)6-9/h8-14H,3-7H2,1-2H3. The third-order valence-corrected chi connectivity index (χ3v) is 6.11. The van der Waals surface area contributed by atoms with Crippen molar-refractivity contribution in [3.63, 3.8) is 0 Å². The second kappa shape index (κ2) is 6.48. The van der Waals surface area contributed by atoms with Crippen molar-refractivity contribution in [1.29, 1.82) is 0 Å². The molecule has 4 aliphatic rings. The van der Waals surface area contributed by atoms with E-state index < -0.39 is 6.29 Å². The summed E-state index contributed by atoms with van der Waals surface area (Å²) in [6.45, 7) is 3.64. The number of hydrogen-bond donors (Lipinski definition) is 0. The zero-order valence-corrected chi connectivity index (χ0v) is 14.6. The average Bonchev–Trinajstić information content (AvgIpc) is 2.64. The molecule has 7 unspecified atom stereocenters. The van der Waals surface area contributed by atoms with Crippen LogP contribution in [0.1, 0.15) is 46.0 Å². The molecule has 2 saturated heterocycles. The Morgan fingerprint density at radius 3 is 2.86 bits per heavy atom. The van der Waals surface area contributed by atoms with E-state index in [1.54, 1.807) is 6.92 Å². The topological polar surface area (TPSA) is 61.8 Å². The molecule has 4 bridgehead atoms. The minimum absolute atomic E-state index is 0.0345. The molecule has 4 fully saturated rings. The Morgan fingerprint density at radius 1 is 1.36 bits per heavy atom. The minimum Gasteiger partial charge on any atom is -0.459 e. The van der Waals surface area contributed by atoms with Crippen LogP contribution in [0.5, 0.6) is 0 Å².